The average molecular weight is 275 g/mol. The van der Waals surface area contributed by atoms with E-state index < -0.39 is 0 Å². The molecule has 1 aliphatic rings. The molecular weight excluding hydrogens is 258 g/mol. The van der Waals surface area contributed by atoms with Gasteiger partial charge in [0.15, 0.2) is 0 Å². The molecule has 0 atom stereocenters. The monoisotopic (exact) mass is 275 g/mol. The number of nitrogens with one attached hydrogen (secondary N) is 1. The molecule has 0 spiro atoms. The second-order valence-electron chi connectivity index (χ2n) is 4.76. The van der Waals surface area contributed by atoms with Gasteiger partial charge in [-0.25, -0.2) is 0 Å². The minimum Gasteiger partial charge on any atom is -0.340 e. The molecule has 6 nitrogen and oxygen atoms in total. The number of imide groups is 1. The first-order valence-corrected chi connectivity index (χ1v) is 6.34. The second kappa shape index (κ2) is 5.42. The molecule has 0 aromatic heterocycles. The number of hydrogen-bond acceptors (Lipinski definition) is 4. The van der Waals surface area contributed by atoms with E-state index in [0.29, 0.717) is 29.8 Å². The van der Waals surface area contributed by atoms with Gasteiger partial charge in [-0.05, 0) is 25.2 Å². The molecule has 0 aliphatic carbocycles. The van der Waals surface area contributed by atoms with E-state index in [-0.39, 0.29) is 17.7 Å². The average Bonchev–Trinajstić information content (AvgIpc) is 2.68. The van der Waals surface area contributed by atoms with Crippen LogP contribution in [-0.2, 0) is 0 Å². The number of carbonyl (C=O) groups is 3. The van der Waals surface area contributed by atoms with Gasteiger partial charge in [0.1, 0.15) is 0 Å². The van der Waals surface area contributed by atoms with Gasteiger partial charge in [-0.3, -0.25) is 19.3 Å². The zero-order valence-corrected chi connectivity index (χ0v) is 11.8. The maximum Gasteiger partial charge on any atom is 0.261 e. The van der Waals surface area contributed by atoms with Gasteiger partial charge in [-0.15, -0.1) is 0 Å². The van der Waals surface area contributed by atoms with Gasteiger partial charge in [0.2, 0.25) is 0 Å². The van der Waals surface area contributed by atoms with Gasteiger partial charge >= 0.3 is 0 Å². The Morgan fingerprint density at radius 2 is 1.90 bits per heavy atom. The van der Waals surface area contributed by atoms with Gasteiger partial charge < -0.3 is 10.2 Å². The summed E-state index contributed by atoms with van der Waals surface area (Å²) < 4.78 is 0. The highest BCUT2D eigenvalue weighted by atomic mass is 16.2. The molecule has 1 heterocycles. The Morgan fingerprint density at radius 1 is 1.25 bits per heavy atom. The van der Waals surface area contributed by atoms with Crippen LogP contribution >= 0.6 is 0 Å². The lowest BCUT2D eigenvalue weighted by Gasteiger charge is -2.17. The first-order chi connectivity index (χ1) is 9.47. The summed E-state index contributed by atoms with van der Waals surface area (Å²) in [4.78, 5) is 38.5. The highest BCUT2D eigenvalue weighted by molar-refractivity contribution is 6.21. The molecule has 2 rings (SSSR count). The molecule has 6 heteroatoms. The number of fused-ring (bicyclic) bond motifs is 1. The fourth-order valence-electron chi connectivity index (χ4n) is 2.10. The van der Waals surface area contributed by atoms with Crippen LogP contribution in [0.1, 0.15) is 31.1 Å². The Bertz CT molecular complexity index is 583. The molecule has 1 aromatic rings. The zero-order valence-electron chi connectivity index (χ0n) is 11.8. The first kappa shape index (κ1) is 14.2. The molecule has 1 aliphatic heterocycles. The largest absolute Gasteiger partial charge is 0.340 e. The van der Waals surface area contributed by atoms with Crippen molar-refractivity contribution < 1.29 is 14.4 Å². The highest BCUT2D eigenvalue weighted by Gasteiger charge is 2.33. The van der Waals surface area contributed by atoms with Crippen molar-refractivity contribution >= 4 is 17.7 Å². The number of likely N-dealkylation sites (N-methyl/N-ethyl adjacent to an activating group) is 2. The normalized spacial score (nSPS) is 13.7. The smallest absolute Gasteiger partial charge is 0.261 e. The summed E-state index contributed by atoms with van der Waals surface area (Å²) in [5, 5.41) is 2.97. The van der Waals surface area contributed by atoms with Crippen molar-refractivity contribution in [2.75, 3.05) is 34.2 Å². The maximum atomic E-state index is 12.2. The van der Waals surface area contributed by atoms with Crippen molar-refractivity contribution in [3.8, 4) is 0 Å². The van der Waals surface area contributed by atoms with Crippen LogP contribution < -0.4 is 5.32 Å². The molecule has 106 valence electrons. The van der Waals surface area contributed by atoms with E-state index in [1.165, 1.54) is 19.2 Å². The van der Waals surface area contributed by atoms with Gasteiger partial charge in [0.05, 0.1) is 11.1 Å². The minimum atomic E-state index is -0.363. The van der Waals surface area contributed by atoms with Crippen molar-refractivity contribution in [1.29, 1.82) is 0 Å². The van der Waals surface area contributed by atoms with Crippen molar-refractivity contribution in [2.45, 2.75) is 0 Å². The third kappa shape index (κ3) is 2.30. The molecule has 0 radical (unpaired) electrons. The summed E-state index contributed by atoms with van der Waals surface area (Å²) in [6.45, 7) is 1.26. The molecule has 1 N–H and O–H groups in total. The van der Waals surface area contributed by atoms with Crippen molar-refractivity contribution in [3.05, 3.63) is 34.9 Å². The maximum absolute atomic E-state index is 12.2. The Hall–Kier alpha value is -2.21. The van der Waals surface area contributed by atoms with Gasteiger partial charge in [0, 0.05) is 32.7 Å². The number of carbonyl (C=O) groups excluding carboxylic acids is 3. The fraction of sp³-hybridized carbons (Fsp3) is 0.357. The van der Waals surface area contributed by atoms with Gasteiger partial charge in [0.25, 0.3) is 17.7 Å². The lowest BCUT2D eigenvalue weighted by atomic mass is 10.0. The molecule has 0 saturated heterocycles. The predicted molar refractivity (Wildman–Crippen MR) is 73.8 cm³/mol. The van der Waals surface area contributed by atoms with Crippen LogP contribution in [0.3, 0.4) is 0 Å². The van der Waals surface area contributed by atoms with Crippen molar-refractivity contribution in [1.82, 2.24) is 15.1 Å². The van der Waals surface area contributed by atoms with E-state index in [4.69, 9.17) is 0 Å². The van der Waals surface area contributed by atoms with E-state index in [1.54, 1.807) is 18.0 Å². The molecule has 0 saturated carbocycles. The fourth-order valence-corrected chi connectivity index (χ4v) is 2.10. The lowest BCUT2D eigenvalue weighted by molar-refractivity contribution is 0.0692. The molecule has 3 amide bonds. The molecule has 20 heavy (non-hydrogen) atoms. The van der Waals surface area contributed by atoms with E-state index in [0.717, 1.165) is 4.90 Å². The summed E-state index contributed by atoms with van der Waals surface area (Å²) in [6, 6.07) is 4.62. The van der Waals surface area contributed by atoms with Crippen LogP contribution in [0.15, 0.2) is 18.2 Å². The summed E-state index contributed by atoms with van der Waals surface area (Å²) in [7, 11) is 4.95. The Labute approximate surface area is 117 Å². The molecular formula is C14H17N3O3. The van der Waals surface area contributed by atoms with Crippen LogP contribution in [0.25, 0.3) is 0 Å². The number of hydrogen-bond donors (Lipinski definition) is 1. The summed E-state index contributed by atoms with van der Waals surface area (Å²) >= 11 is 0. The Morgan fingerprint density at radius 3 is 2.55 bits per heavy atom. The van der Waals surface area contributed by atoms with Gasteiger partial charge in [-0.1, -0.05) is 0 Å². The quantitative estimate of drug-likeness (QED) is 0.797. The minimum absolute atomic E-state index is 0.169. The number of benzene rings is 1. The molecule has 0 unspecified atom stereocenters. The van der Waals surface area contributed by atoms with Crippen LogP contribution in [0.2, 0.25) is 0 Å². The van der Waals surface area contributed by atoms with E-state index in [9.17, 15) is 14.4 Å². The molecule has 0 fully saturated rings. The van der Waals surface area contributed by atoms with Crippen LogP contribution in [0.4, 0.5) is 0 Å². The van der Waals surface area contributed by atoms with Crippen LogP contribution in [0, 0.1) is 0 Å². The lowest BCUT2D eigenvalue weighted by Crippen LogP contribution is -2.32. The molecule has 0 bridgehead atoms. The van der Waals surface area contributed by atoms with Crippen LogP contribution in [0.5, 0.6) is 0 Å². The number of amides is 3. The number of rotatable bonds is 4. The summed E-state index contributed by atoms with van der Waals surface area (Å²) in [5.41, 5.74) is 1.07. The van der Waals surface area contributed by atoms with E-state index in [2.05, 4.69) is 5.32 Å². The third-order valence-corrected chi connectivity index (χ3v) is 3.38. The first-order valence-electron chi connectivity index (χ1n) is 6.34. The van der Waals surface area contributed by atoms with E-state index in [1.807, 2.05) is 7.05 Å². The van der Waals surface area contributed by atoms with E-state index >= 15 is 0 Å². The van der Waals surface area contributed by atoms with Crippen molar-refractivity contribution in [3.63, 3.8) is 0 Å². The number of nitrogens with zero attached hydrogens (tertiary/aromatic N) is 2. The standard InChI is InChI=1S/C14H17N3O3/c1-15-6-7-16(2)12(18)9-4-5-10-11(8-9)14(20)17(3)13(10)19/h4-5,8,15H,6-7H2,1-3H3. The van der Waals surface area contributed by atoms with Gasteiger partial charge in [-0.2, -0.15) is 0 Å². The Balaban J connectivity index is 2.27. The SMILES string of the molecule is CNCCN(C)C(=O)c1ccc2c(c1)C(=O)N(C)C2=O. The van der Waals surface area contributed by atoms with Crippen molar-refractivity contribution in [2.24, 2.45) is 0 Å². The summed E-state index contributed by atoms with van der Waals surface area (Å²) in [6.07, 6.45) is 0. The predicted octanol–water partition coefficient (Wildman–Crippen LogP) is 0.204. The zero-order chi connectivity index (χ0) is 14.9. The van der Waals surface area contributed by atoms with Crippen LogP contribution in [-0.4, -0.2) is 61.8 Å². The topological polar surface area (TPSA) is 69.7 Å². The third-order valence-electron chi connectivity index (χ3n) is 3.38. The highest BCUT2D eigenvalue weighted by Crippen LogP contribution is 2.23. The Kier molecular flexibility index (Phi) is 3.85. The second-order valence-corrected chi connectivity index (χ2v) is 4.76. The molecule has 1 aromatic carbocycles. The summed E-state index contributed by atoms with van der Waals surface area (Å²) in [5.74, 6) is -0.858.